The molecule has 0 aliphatic heterocycles. The molecule has 2 atom stereocenters. The summed E-state index contributed by atoms with van der Waals surface area (Å²) >= 11 is 0. The highest BCUT2D eigenvalue weighted by atomic mass is 15.2. The largest absolute Gasteiger partial charge is 0.338 e. The van der Waals surface area contributed by atoms with Crippen molar-refractivity contribution in [2.45, 2.75) is 45.6 Å². The zero-order valence-corrected chi connectivity index (χ0v) is 10.6. The highest BCUT2D eigenvalue weighted by Gasteiger charge is 2.15. The summed E-state index contributed by atoms with van der Waals surface area (Å²) in [7, 11) is 2.03. The van der Waals surface area contributed by atoms with E-state index in [9.17, 15) is 0 Å². The molecule has 0 spiro atoms. The van der Waals surface area contributed by atoms with Crippen molar-refractivity contribution in [3.05, 3.63) is 18.2 Å². The summed E-state index contributed by atoms with van der Waals surface area (Å²) < 4.78 is 2.07. The second-order valence-corrected chi connectivity index (χ2v) is 4.53. The number of hydrazine groups is 1. The molecule has 0 bridgehead atoms. The standard InChI is InChI=1S/C12H24N4/c1-4-5-10(2)11(15-13)6-7-12-14-8-9-16(12)3/h8-11,15H,4-7,13H2,1-3H3. The lowest BCUT2D eigenvalue weighted by atomic mass is 9.94. The maximum Gasteiger partial charge on any atom is 0.108 e. The summed E-state index contributed by atoms with van der Waals surface area (Å²) in [5, 5.41) is 0. The third kappa shape index (κ3) is 3.61. The molecule has 0 saturated heterocycles. The van der Waals surface area contributed by atoms with Gasteiger partial charge >= 0.3 is 0 Å². The first-order valence-corrected chi connectivity index (χ1v) is 6.11. The van der Waals surface area contributed by atoms with Crippen LogP contribution >= 0.6 is 0 Å². The van der Waals surface area contributed by atoms with Crippen LogP contribution in [0.5, 0.6) is 0 Å². The molecular formula is C12H24N4. The summed E-state index contributed by atoms with van der Waals surface area (Å²) in [6.07, 6.45) is 8.28. The average Bonchev–Trinajstić information content (AvgIpc) is 2.66. The number of hydrogen-bond donors (Lipinski definition) is 2. The van der Waals surface area contributed by atoms with E-state index in [1.54, 1.807) is 0 Å². The Bertz CT molecular complexity index is 295. The third-order valence-electron chi connectivity index (χ3n) is 3.24. The molecule has 0 saturated carbocycles. The van der Waals surface area contributed by atoms with Crippen LogP contribution in [-0.2, 0) is 13.5 Å². The van der Waals surface area contributed by atoms with Gasteiger partial charge in [0.25, 0.3) is 0 Å². The monoisotopic (exact) mass is 224 g/mol. The highest BCUT2D eigenvalue weighted by Crippen LogP contribution is 2.14. The first-order valence-electron chi connectivity index (χ1n) is 6.11. The van der Waals surface area contributed by atoms with Gasteiger partial charge in [-0.25, -0.2) is 4.98 Å². The van der Waals surface area contributed by atoms with Crippen LogP contribution in [0, 0.1) is 5.92 Å². The molecular weight excluding hydrogens is 200 g/mol. The normalized spacial score (nSPS) is 15.0. The third-order valence-corrected chi connectivity index (χ3v) is 3.24. The molecule has 0 aromatic carbocycles. The zero-order chi connectivity index (χ0) is 12.0. The fourth-order valence-corrected chi connectivity index (χ4v) is 2.11. The number of rotatable bonds is 7. The van der Waals surface area contributed by atoms with Crippen molar-refractivity contribution < 1.29 is 0 Å². The molecule has 3 N–H and O–H groups in total. The predicted molar refractivity (Wildman–Crippen MR) is 66.7 cm³/mol. The molecule has 1 rings (SSSR count). The molecule has 4 heteroatoms. The summed E-state index contributed by atoms with van der Waals surface area (Å²) in [6.45, 7) is 4.47. The molecule has 0 aliphatic rings. The van der Waals surface area contributed by atoms with E-state index in [4.69, 9.17) is 5.84 Å². The maximum absolute atomic E-state index is 5.60. The van der Waals surface area contributed by atoms with Gasteiger partial charge in [0, 0.05) is 31.9 Å². The lowest BCUT2D eigenvalue weighted by molar-refractivity contribution is 0.339. The molecule has 0 aliphatic carbocycles. The summed E-state index contributed by atoms with van der Waals surface area (Å²) in [5.74, 6) is 7.35. The van der Waals surface area contributed by atoms with Crippen LogP contribution in [0.4, 0.5) is 0 Å². The van der Waals surface area contributed by atoms with E-state index in [0.29, 0.717) is 12.0 Å². The molecule has 16 heavy (non-hydrogen) atoms. The molecule has 92 valence electrons. The number of aromatic nitrogens is 2. The number of nitrogens with one attached hydrogen (secondary N) is 1. The Labute approximate surface area is 98.2 Å². The summed E-state index contributed by atoms with van der Waals surface area (Å²) in [5.41, 5.74) is 2.93. The molecule has 1 aromatic heterocycles. The van der Waals surface area contributed by atoms with Crippen molar-refractivity contribution in [2.24, 2.45) is 18.8 Å². The Kier molecular flexibility index (Phi) is 5.49. The van der Waals surface area contributed by atoms with Gasteiger partial charge in [0.15, 0.2) is 0 Å². The minimum absolute atomic E-state index is 0.386. The van der Waals surface area contributed by atoms with Crippen molar-refractivity contribution in [3.8, 4) is 0 Å². The van der Waals surface area contributed by atoms with Crippen molar-refractivity contribution in [1.29, 1.82) is 0 Å². The van der Waals surface area contributed by atoms with Crippen LogP contribution in [0.3, 0.4) is 0 Å². The van der Waals surface area contributed by atoms with E-state index in [0.717, 1.165) is 18.7 Å². The quantitative estimate of drug-likeness (QED) is 0.546. The van der Waals surface area contributed by atoms with Gasteiger partial charge in [0.2, 0.25) is 0 Å². The fraction of sp³-hybridized carbons (Fsp3) is 0.750. The van der Waals surface area contributed by atoms with Gasteiger partial charge in [-0.15, -0.1) is 0 Å². The Balaban J connectivity index is 2.42. The van der Waals surface area contributed by atoms with E-state index in [1.807, 2.05) is 19.4 Å². The number of nitrogens with two attached hydrogens (primary N) is 1. The number of aryl methyl sites for hydroxylation is 2. The molecule has 0 amide bonds. The summed E-state index contributed by atoms with van der Waals surface area (Å²) in [4.78, 5) is 4.32. The van der Waals surface area contributed by atoms with Gasteiger partial charge in [-0.05, 0) is 18.8 Å². The van der Waals surface area contributed by atoms with Gasteiger partial charge in [-0.3, -0.25) is 11.3 Å². The van der Waals surface area contributed by atoms with Gasteiger partial charge < -0.3 is 4.57 Å². The highest BCUT2D eigenvalue weighted by molar-refractivity contribution is 4.92. The Morgan fingerprint density at radius 3 is 2.75 bits per heavy atom. The Morgan fingerprint density at radius 1 is 1.50 bits per heavy atom. The molecule has 0 fully saturated rings. The van der Waals surface area contributed by atoms with Crippen LogP contribution in [0.15, 0.2) is 12.4 Å². The van der Waals surface area contributed by atoms with E-state index < -0.39 is 0 Å². The smallest absolute Gasteiger partial charge is 0.108 e. The first-order chi connectivity index (χ1) is 7.69. The number of hydrogen-bond acceptors (Lipinski definition) is 3. The van der Waals surface area contributed by atoms with E-state index in [2.05, 4.69) is 28.8 Å². The second-order valence-electron chi connectivity index (χ2n) is 4.53. The zero-order valence-electron chi connectivity index (χ0n) is 10.6. The molecule has 0 radical (unpaired) electrons. The van der Waals surface area contributed by atoms with E-state index in [1.165, 1.54) is 12.8 Å². The topological polar surface area (TPSA) is 55.9 Å². The molecule has 1 heterocycles. The van der Waals surface area contributed by atoms with Crippen LogP contribution in [0.25, 0.3) is 0 Å². The SMILES string of the molecule is CCCC(C)C(CCc1nccn1C)NN. The lowest BCUT2D eigenvalue weighted by Gasteiger charge is -2.22. The maximum atomic E-state index is 5.60. The van der Waals surface area contributed by atoms with Crippen LogP contribution in [0.2, 0.25) is 0 Å². The molecule has 4 nitrogen and oxygen atoms in total. The fourth-order valence-electron chi connectivity index (χ4n) is 2.11. The summed E-state index contributed by atoms with van der Waals surface area (Å²) in [6, 6.07) is 0.386. The van der Waals surface area contributed by atoms with E-state index in [-0.39, 0.29) is 0 Å². The lowest BCUT2D eigenvalue weighted by Crippen LogP contribution is -2.40. The van der Waals surface area contributed by atoms with Crippen LogP contribution < -0.4 is 11.3 Å². The second kappa shape index (κ2) is 6.66. The Hall–Kier alpha value is -0.870. The van der Waals surface area contributed by atoms with Crippen molar-refractivity contribution in [3.63, 3.8) is 0 Å². The van der Waals surface area contributed by atoms with Gasteiger partial charge in [-0.2, -0.15) is 0 Å². The predicted octanol–water partition coefficient (Wildman–Crippen LogP) is 1.62. The molecule has 2 unspecified atom stereocenters. The van der Waals surface area contributed by atoms with E-state index >= 15 is 0 Å². The minimum Gasteiger partial charge on any atom is -0.338 e. The first kappa shape index (κ1) is 13.2. The van der Waals surface area contributed by atoms with Crippen molar-refractivity contribution in [1.82, 2.24) is 15.0 Å². The van der Waals surface area contributed by atoms with Crippen LogP contribution in [0.1, 0.15) is 38.9 Å². The average molecular weight is 224 g/mol. The van der Waals surface area contributed by atoms with Gasteiger partial charge in [0.05, 0.1) is 0 Å². The molecule has 1 aromatic rings. The van der Waals surface area contributed by atoms with Gasteiger partial charge in [0.1, 0.15) is 5.82 Å². The van der Waals surface area contributed by atoms with Crippen molar-refractivity contribution in [2.75, 3.05) is 0 Å². The number of nitrogens with zero attached hydrogens (tertiary/aromatic N) is 2. The minimum atomic E-state index is 0.386. The van der Waals surface area contributed by atoms with Crippen LogP contribution in [-0.4, -0.2) is 15.6 Å². The Morgan fingerprint density at radius 2 is 2.25 bits per heavy atom. The van der Waals surface area contributed by atoms with Gasteiger partial charge in [-0.1, -0.05) is 20.3 Å². The van der Waals surface area contributed by atoms with Crippen molar-refractivity contribution >= 4 is 0 Å². The number of imidazole rings is 1.